The van der Waals surface area contributed by atoms with E-state index in [1.165, 1.54) is 0 Å². The van der Waals surface area contributed by atoms with Gasteiger partial charge in [-0.15, -0.1) is 0 Å². The summed E-state index contributed by atoms with van der Waals surface area (Å²) in [5, 5.41) is 4.10. The van der Waals surface area contributed by atoms with E-state index < -0.39 is 0 Å². The van der Waals surface area contributed by atoms with Crippen LogP contribution in [0.15, 0.2) is 36.5 Å². The fourth-order valence-electron chi connectivity index (χ4n) is 2.15. The molecule has 0 saturated heterocycles. The Labute approximate surface area is 106 Å². The van der Waals surface area contributed by atoms with E-state index >= 15 is 0 Å². The van der Waals surface area contributed by atoms with Gasteiger partial charge in [-0.25, -0.2) is 0 Å². The van der Waals surface area contributed by atoms with Gasteiger partial charge in [-0.2, -0.15) is 5.10 Å². The van der Waals surface area contributed by atoms with Crippen molar-refractivity contribution in [1.82, 2.24) is 9.78 Å². The minimum atomic E-state index is -0.305. The van der Waals surface area contributed by atoms with Crippen LogP contribution in [0.2, 0.25) is 0 Å². The number of carbonyl (C=O) groups excluding carboxylic acids is 1. The highest BCUT2D eigenvalue weighted by Crippen LogP contribution is 2.21. The molecule has 2 aromatic rings. The van der Waals surface area contributed by atoms with Gasteiger partial charge in [0.25, 0.3) is 0 Å². The minimum absolute atomic E-state index is 0.0289. The molecule has 0 amide bonds. The molecule has 2 rings (SSSR count). The van der Waals surface area contributed by atoms with E-state index in [9.17, 15) is 4.79 Å². The van der Waals surface area contributed by atoms with E-state index in [0.717, 1.165) is 11.1 Å². The number of nitrogens with two attached hydrogens (primary N) is 1. The molecule has 1 atom stereocenters. The number of aromatic nitrogens is 2. The molecule has 1 unspecified atom stereocenters. The van der Waals surface area contributed by atoms with E-state index in [0.29, 0.717) is 12.2 Å². The molecule has 0 spiro atoms. The Morgan fingerprint density at radius 1 is 1.39 bits per heavy atom. The minimum Gasteiger partial charge on any atom is -0.329 e. The van der Waals surface area contributed by atoms with Gasteiger partial charge >= 0.3 is 0 Å². The number of Topliss-reactive ketones (excluding diaryl/α,β-unsaturated/α-hetero) is 1. The molecule has 0 aliphatic carbocycles. The third-order valence-electron chi connectivity index (χ3n) is 3.11. The molecule has 4 heteroatoms. The van der Waals surface area contributed by atoms with Gasteiger partial charge in [0, 0.05) is 13.6 Å². The molecule has 1 aromatic carbocycles. The molecule has 0 aliphatic rings. The lowest BCUT2D eigenvalue weighted by molar-refractivity contribution is 0.0952. The molecule has 1 aromatic heterocycles. The number of nitrogens with zero attached hydrogens (tertiary/aromatic N) is 2. The van der Waals surface area contributed by atoms with E-state index in [1.807, 2.05) is 37.3 Å². The third kappa shape index (κ3) is 2.19. The van der Waals surface area contributed by atoms with Gasteiger partial charge in [-0.1, -0.05) is 30.3 Å². The van der Waals surface area contributed by atoms with Crippen molar-refractivity contribution in [2.75, 3.05) is 6.54 Å². The summed E-state index contributed by atoms with van der Waals surface area (Å²) >= 11 is 0. The maximum Gasteiger partial charge on any atom is 0.189 e. The summed E-state index contributed by atoms with van der Waals surface area (Å²) < 4.78 is 1.61. The van der Waals surface area contributed by atoms with Crippen LogP contribution < -0.4 is 5.73 Å². The normalized spacial score (nSPS) is 12.4. The van der Waals surface area contributed by atoms with Crippen molar-refractivity contribution in [3.8, 4) is 0 Å². The summed E-state index contributed by atoms with van der Waals surface area (Å²) in [7, 11) is 1.78. The average molecular weight is 243 g/mol. The Balaban J connectivity index is 2.38. The first-order valence-electron chi connectivity index (χ1n) is 5.93. The summed E-state index contributed by atoms with van der Waals surface area (Å²) in [6.07, 6.45) is 1.70. The van der Waals surface area contributed by atoms with Gasteiger partial charge in [-0.05, 0) is 18.1 Å². The van der Waals surface area contributed by atoms with Crippen molar-refractivity contribution in [3.63, 3.8) is 0 Å². The van der Waals surface area contributed by atoms with Gasteiger partial charge in [-0.3, -0.25) is 9.48 Å². The molecule has 94 valence electrons. The predicted molar refractivity (Wildman–Crippen MR) is 70.5 cm³/mol. The number of benzene rings is 1. The standard InChI is InChI=1S/C14H17N3O/c1-10-9-16-17(2)13(10)14(18)12(8-15)11-6-4-3-5-7-11/h3-7,9,12H,8,15H2,1-2H3. The second kappa shape index (κ2) is 5.14. The molecule has 4 nitrogen and oxygen atoms in total. The Morgan fingerprint density at radius 3 is 2.56 bits per heavy atom. The zero-order valence-corrected chi connectivity index (χ0v) is 10.6. The van der Waals surface area contributed by atoms with Crippen LogP contribution in [0.5, 0.6) is 0 Å². The molecular formula is C14H17N3O. The Morgan fingerprint density at radius 2 is 2.06 bits per heavy atom. The maximum absolute atomic E-state index is 12.5. The maximum atomic E-state index is 12.5. The Kier molecular flexibility index (Phi) is 3.58. The summed E-state index contributed by atoms with van der Waals surface area (Å²) in [6.45, 7) is 2.19. The quantitative estimate of drug-likeness (QED) is 0.831. The van der Waals surface area contributed by atoms with Crippen molar-refractivity contribution in [2.24, 2.45) is 12.8 Å². The van der Waals surface area contributed by atoms with Crippen LogP contribution in [0.1, 0.15) is 27.5 Å². The number of carbonyl (C=O) groups is 1. The number of hydrogen-bond acceptors (Lipinski definition) is 3. The number of aryl methyl sites for hydroxylation is 2. The lowest BCUT2D eigenvalue weighted by Gasteiger charge is -2.14. The molecular weight excluding hydrogens is 226 g/mol. The number of hydrogen-bond donors (Lipinski definition) is 1. The zero-order chi connectivity index (χ0) is 13.1. The highest BCUT2D eigenvalue weighted by molar-refractivity contribution is 6.00. The highest BCUT2D eigenvalue weighted by atomic mass is 16.1. The highest BCUT2D eigenvalue weighted by Gasteiger charge is 2.24. The molecule has 18 heavy (non-hydrogen) atoms. The number of ketones is 1. The second-order valence-electron chi connectivity index (χ2n) is 4.36. The topological polar surface area (TPSA) is 60.9 Å². The first-order valence-corrected chi connectivity index (χ1v) is 5.93. The van der Waals surface area contributed by atoms with Gasteiger partial charge in [0.15, 0.2) is 5.78 Å². The van der Waals surface area contributed by atoms with Crippen LogP contribution in [-0.2, 0) is 7.05 Å². The fourth-order valence-corrected chi connectivity index (χ4v) is 2.15. The monoisotopic (exact) mass is 243 g/mol. The molecule has 0 fully saturated rings. The van der Waals surface area contributed by atoms with Crippen molar-refractivity contribution >= 4 is 5.78 Å². The van der Waals surface area contributed by atoms with E-state index in [-0.39, 0.29) is 11.7 Å². The van der Waals surface area contributed by atoms with E-state index in [2.05, 4.69) is 5.10 Å². The lowest BCUT2D eigenvalue weighted by atomic mass is 9.92. The van der Waals surface area contributed by atoms with E-state index in [1.54, 1.807) is 17.9 Å². The SMILES string of the molecule is Cc1cnn(C)c1C(=O)C(CN)c1ccccc1. The summed E-state index contributed by atoms with van der Waals surface area (Å²) in [5.41, 5.74) is 8.23. The molecule has 1 heterocycles. The van der Waals surface area contributed by atoms with Crippen molar-refractivity contribution in [2.45, 2.75) is 12.8 Å². The smallest absolute Gasteiger partial charge is 0.189 e. The summed E-state index contributed by atoms with van der Waals surface area (Å²) in [6, 6.07) is 9.63. The van der Waals surface area contributed by atoms with Gasteiger partial charge in [0.05, 0.1) is 12.1 Å². The zero-order valence-electron chi connectivity index (χ0n) is 10.6. The largest absolute Gasteiger partial charge is 0.329 e. The molecule has 0 saturated carbocycles. The lowest BCUT2D eigenvalue weighted by Crippen LogP contribution is -2.24. The average Bonchev–Trinajstić information content (AvgIpc) is 2.71. The second-order valence-corrected chi connectivity index (χ2v) is 4.36. The van der Waals surface area contributed by atoms with Crippen molar-refractivity contribution in [3.05, 3.63) is 53.3 Å². The Bertz CT molecular complexity index is 526. The van der Waals surface area contributed by atoms with Crippen LogP contribution in [0.25, 0.3) is 0 Å². The van der Waals surface area contributed by atoms with Crippen molar-refractivity contribution < 1.29 is 4.79 Å². The van der Waals surface area contributed by atoms with Crippen molar-refractivity contribution in [1.29, 1.82) is 0 Å². The summed E-state index contributed by atoms with van der Waals surface area (Å²) in [5.74, 6) is -0.276. The fraction of sp³-hybridized carbons (Fsp3) is 0.286. The van der Waals surface area contributed by atoms with Crippen LogP contribution in [-0.4, -0.2) is 22.1 Å². The molecule has 0 radical (unpaired) electrons. The van der Waals surface area contributed by atoms with E-state index in [4.69, 9.17) is 5.73 Å². The predicted octanol–water partition coefficient (Wildman–Crippen LogP) is 1.65. The van der Waals surface area contributed by atoms with Gasteiger partial charge in [0.2, 0.25) is 0 Å². The molecule has 0 bridgehead atoms. The third-order valence-corrected chi connectivity index (χ3v) is 3.11. The first-order chi connectivity index (χ1) is 8.65. The Hall–Kier alpha value is -1.94. The van der Waals surface area contributed by atoms with Crippen LogP contribution in [0, 0.1) is 6.92 Å². The van der Waals surface area contributed by atoms with Gasteiger partial charge < -0.3 is 5.73 Å². The first kappa shape index (κ1) is 12.5. The number of rotatable bonds is 4. The van der Waals surface area contributed by atoms with Crippen LogP contribution in [0.4, 0.5) is 0 Å². The molecule has 0 aliphatic heterocycles. The molecule has 2 N–H and O–H groups in total. The summed E-state index contributed by atoms with van der Waals surface area (Å²) in [4.78, 5) is 12.5. The van der Waals surface area contributed by atoms with Gasteiger partial charge in [0.1, 0.15) is 5.69 Å². The van der Waals surface area contributed by atoms with Crippen LogP contribution in [0.3, 0.4) is 0 Å². The van der Waals surface area contributed by atoms with Crippen LogP contribution >= 0.6 is 0 Å².